The molecule has 32 heavy (non-hydrogen) atoms. The summed E-state index contributed by atoms with van der Waals surface area (Å²) in [6.45, 7) is 11.5. The smallest absolute Gasteiger partial charge is 0.286 e. The fourth-order valence-corrected chi connectivity index (χ4v) is 4.04. The number of ether oxygens (including phenoxy) is 1. The van der Waals surface area contributed by atoms with Gasteiger partial charge in [0.05, 0.1) is 0 Å². The molecular weight excluding hydrogens is 428 g/mol. The molecule has 0 unspecified atom stereocenters. The summed E-state index contributed by atoms with van der Waals surface area (Å²) in [5.74, 6) is -0.464. The highest BCUT2D eigenvalue weighted by molar-refractivity contribution is 7.13. The van der Waals surface area contributed by atoms with Crippen LogP contribution in [0.25, 0.3) is 0 Å². The van der Waals surface area contributed by atoms with E-state index in [1.54, 1.807) is 0 Å². The first-order chi connectivity index (χ1) is 15.5. The van der Waals surface area contributed by atoms with E-state index in [0.717, 1.165) is 62.6 Å². The van der Waals surface area contributed by atoms with Crippen molar-refractivity contribution in [3.63, 3.8) is 0 Å². The number of rotatable bonds is 11. The van der Waals surface area contributed by atoms with Crippen molar-refractivity contribution in [1.29, 1.82) is 0 Å². The highest BCUT2D eigenvalue weighted by Crippen LogP contribution is 2.14. The van der Waals surface area contributed by atoms with Crippen molar-refractivity contribution >= 4 is 28.8 Å². The number of aryl methyl sites for hydroxylation is 1. The second kappa shape index (κ2) is 12.6. The molecule has 1 saturated heterocycles. The third-order valence-corrected chi connectivity index (χ3v) is 6.21. The summed E-state index contributed by atoms with van der Waals surface area (Å²) in [5.41, 5.74) is 1.82. The van der Waals surface area contributed by atoms with E-state index in [-0.39, 0.29) is 30.0 Å². The Balaban J connectivity index is 1.27. The minimum atomic E-state index is -0.313. The van der Waals surface area contributed by atoms with Gasteiger partial charge in [-0.15, -0.1) is 10.2 Å². The highest BCUT2D eigenvalue weighted by atomic mass is 32.1. The van der Waals surface area contributed by atoms with E-state index in [9.17, 15) is 9.59 Å². The molecule has 3 rings (SSSR count). The summed E-state index contributed by atoms with van der Waals surface area (Å²) < 4.78 is 5.43. The zero-order valence-electron chi connectivity index (χ0n) is 18.8. The van der Waals surface area contributed by atoms with Crippen molar-refractivity contribution < 1.29 is 14.3 Å². The van der Waals surface area contributed by atoms with Gasteiger partial charge < -0.3 is 25.2 Å². The van der Waals surface area contributed by atoms with Crippen molar-refractivity contribution in [2.24, 2.45) is 0 Å². The number of hydrogen-bond donors (Lipinski definition) is 2. The molecule has 2 heterocycles. The SMILES string of the molecule is CCN1CCN(CCCNC(=O)COCc2nnc(C(=O)Nc3ccc(C)cc3)s2)CC1. The van der Waals surface area contributed by atoms with Gasteiger partial charge in [0.1, 0.15) is 18.2 Å². The Morgan fingerprint density at radius 1 is 1.09 bits per heavy atom. The normalized spacial score (nSPS) is 14.9. The number of carbonyl (C=O) groups excluding carboxylic acids is 2. The zero-order valence-corrected chi connectivity index (χ0v) is 19.6. The Bertz CT molecular complexity index is 865. The molecule has 0 spiro atoms. The quantitative estimate of drug-likeness (QED) is 0.493. The molecule has 1 fully saturated rings. The van der Waals surface area contributed by atoms with Gasteiger partial charge in [-0.2, -0.15) is 0 Å². The molecule has 10 heteroatoms. The largest absolute Gasteiger partial charge is 0.364 e. The molecule has 2 N–H and O–H groups in total. The maximum Gasteiger partial charge on any atom is 0.286 e. The van der Waals surface area contributed by atoms with E-state index in [4.69, 9.17) is 4.74 Å². The van der Waals surface area contributed by atoms with Crippen LogP contribution in [0.15, 0.2) is 24.3 Å². The standard InChI is InChI=1S/C22H32N6O3S/c1-3-27-11-13-28(14-12-27)10-4-9-23-19(29)15-31-16-20-25-26-22(32-20)21(30)24-18-7-5-17(2)6-8-18/h5-8H,3-4,9-16H2,1-2H3,(H,23,29)(H,24,30). The van der Waals surface area contributed by atoms with Crippen molar-refractivity contribution in [3.8, 4) is 0 Å². The minimum absolute atomic E-state index is 0.0420. The van der Waals surface area contributed by atoms with E-state index in [1.165, 1.54) is 0 Å². The number of anilines is 1. The van der Waals surface area contributed by atoms with Gasteiger partial charge in [0.25, 0.3) is 5.91 Å². The summed E-state index contributed by atoms with van der Waals surface area (Å²) >= 11 is 1.15. The highest BCUT2D eigenvalue weighted by Gasteiger charge is 2.15. The van der Waals surface area contributed by atoms with Crippen LogP contribution in [0.4, 0.5) is 5.69 Å². The summed E-state index contributed by atoms with van der Waals surface area (Å²) in [6, 6.07) is 7.52. The number of nitrogens with one attached hydrogen (secondary N) is 2. The van der Waals surface area contributed by atoms with Crippen LogP contribution in [0, 0.1) is 6.92 Å². The summed E-state index contributed by atoms with van der Waals surface area (Å²) in [5, 5.41) is 14.4. The van der Waals surface area contributed by atoms with E-state index < -0.39 is 0 Å². The lowest BCUT2D eigenvalue weighted by atomic mass is 10.2. The number of carbonyl (C=O) groups is 2. The fraction of sp³-hybridized carbons (Fsp3) is 0.545. The molecule has 1 aliphatic heterocycles. The van der Waals surface area contributed by atoms with Crippen LogP contribution in [0.2, 0.25) is 0 Å². The van der Waals surface area contributed by atoms with Crippen molar-refractivity contribution in [2.75, 3.05) is 57.7 Å². The van der Waals surface area contributed by atoms with Crippen molar-refractivity contribution in [1.82, 2.24) is 25.3 Å². The number of benzene rings is 1. The fourth-order valence-electron chi connectivity index (χ4n) is 3.37. The first-order valence-electron chi connectivity index (χ1n) is 11.0. The number of amides is 2. The maximum atomic E-state index is 12.3. The molecule has 2 amide bonds. The van der Waals surface area contributed by atoms with Crippen LogP contribution in [0.1, 0.15) is 33.7 Å². The predicted molar refractivity (Wildman–Crippen MR) is 125 cm³/mol. The number of likely N-dealkylation sites (N-methyl/N-ethyl adjacent to an activating group) is 1. The van der Waals surface area contributed by atoms with E-state index in [2.05, 4.69) is 37.6 Å². The molecule has 0 saturated carbocycles. The molecule has 174 valence electrons. The molecule has 1 aliphatic rings. The first-order valence-corrected chi connectivity index (χ1v) is 11.8. The number of aromatic nitrogens is 2. The monoisotopic (exact) mass is 460 g/mol. The molecule has 0 aliphatic carbocycles. The molecule has 0 bridgehead atoms. The molecule has 2 aromatic rings. The third-order valence-electron chi connectivity index (χ3n) is 5.31. The predicted octanol–water partition coefficient (Wildman–Crippen LogP) is 1.76. The van der Waals surface area contributed by atoms with Gasteiger partial charge in [0.2, 0.25) is 10.9 Å². The van der Waals surface area contributed by atoms with E-state index in [0.29, 0.717) is 17.2 Å². The number of hydrogen-bond acceptors (Lipinski definition) is 8. The van der Waals surface area contributed by atoms with Gasteiger partial charge >= 0.3 is 0 Å². The van der Waals surface area contributed by atoms with Gasteiger partial charge in [-0.25, -0.2) is 0 Å². The van der Waals surface area contributed by atoms with Gasteiger partial charge in [-0.05, 0) is 38.6 Å². The van der Waals surface area contributed by atoms with Crippen molar-refractivity contribution in [3.05, 3.63) is 39.8 Å². The van der Waals surface area contributed by atoms with E-state index in [1.807, 2.05) is 31.2 Å². The lowest BCUT2D eigenvalue weighted by molar-refractivity contribution is -0.126. The van der Waals surface area contributed by atoms with Gasteiger partial charge in [0.15, 0.2) is 0 Å². The molecule has 0 atom stereocenters. The molecule has 1 aromatic carbocycles. The second-order valence-corrected chi connectivity index (χ2v) is 8.86. The average Bonchev–Trinajstić information content (AvgIpc) is 3.28. The molecular formula is C22H32N6O3S. The topological polar surface area (TPSA) is 99.7 Å². The van der Waals surface area contributed by atoms with Gasteiger partial charge in [-0.3, -0.25) is 9.59 Å². The van der Waals surface area contributed by atoms with Crippen LogP contribution in [0.5, 0.6) is 0 Å². The average molecular weight is 461 g/mol. The number of piperazine rings is 1. The van der Waals surface area contributed by atoms with Crippen LogP contribution in [-0.2, 0) is 16.1 Å². The lowest BCUT2D eigenvalue weighted by Gasteiger charge is -2.33. The Hall–Kier alpha value is -2.40. The van der Waals surface area contributed by atoms with Crippen LogP contribution in [-0.4, -0.2) is 84.2 Å². The second-order valence-electron chi connectivity index (χ2n) is 7.79. The Kier molecular flexibility index (Phi) is 9.54. The maximum absolute atomic E-state index is 12.3. The molecule has 0 radical (unpaired) electrons. The number of nitrogens with zero attached hydrogens (tertiary/aromatic N) is 4. The third kappa shape index (κ3) is 7.94. The van der Waals surface area contributed by atoms with Crippen LogP contribution < -0.4 is 10.6 Å². The summed E-state index contributed by atoms with van der Waals surface area (Å²) in [4.78, 5) is 29.1. The lowest BCUT2D eigenvalue weighted by Crippen LogP contribution is -2.46. The molecule has 1 aromatic heterocycles. The van der Waals surface area contributed by atoms with Gasteiger partial charge in [0, 0.05) is 38.4 Å². The summed E-state index contributed by atoms with van der Waals surface area (Å²) in [7, 11) is 0. The minimum Gasteiger partial charge on any atom is -0.364 e. The Morgan fingerprint density at radius 2 is 1.81 bits per heavy atom. The van der Waals surface area contributed by atoms with E-state index >= 15 is 0 Å². The Labute approximate surface area is 193 Å². The first kappa shape index (κ1) is 24.2. The zero-order chi connectivity index (χ0) is 22.8. The van der Waals surface area contributed by atoms with Crippen LogP contribution in [0.3, 0.4) is 0 Å². The van der Waals surface area contributed by atoms with Crippen molar-refractivity contribution in [2.45, 2.75) is 26.9 Å². The van der Waals surface area contributed by atoms with Gasteiger partial charge in [-0.1, -0.05) is 36.0 Å². The van der Waals surface area contributed by atoms with Crippen LogP contribution >= 0.6 is 11.3 Å². The molecule has 9 nitrogen and oxygen atoms in total. The Morgan fingerprint density at radius 3 is 2.53 bits per heavy atom. The summed E-state index contributed by atoms with van der Waals surface area (Å²) in [6.07, 6.45) is 0.924.